The van der Waals surface area contributed by atoms with Crippen molar-refractivity contribution in [2.24, 2.45) is 7.05 Å². The molecule has 0 bridgehead atoms. The summed E-state index contributed by atoms with van der Waals surface area (Å²) < 4.78 is 6.27. The van der Waals surface area contributed by atoms with Crippen LogP contribution in [0.15, 0.2) is 12.3 Å². The molecular formula is C14H18N4O3. The Bertz CT molecular complexity index is 693. The third-order valence-electron chi connectivity index (χ3n) is 3.33. The molecule has 2 rings (SSSR count). The van der Waals surface area contributed by atoms with Crippen LogP contribution in [0.2, 0.25) is 0 Å². The molecule has 7 heteroatoms. The Kier molecular flexibility index (Phi) is 4.21. The zero-order valence-electron chi connectivity index (χ0n) is 12.6. The van der Waals surface area contributed by atoms with Crippen LogP contribution in [-0.2, 0) is 16.6 Å². The SMILES string of the molecule is CCN(CC(=O)OC)C(=O)c1cnc2c(c1)c(C)nn2C. The number of aromatic nitrogens is 3. The molecule has 0 saturated heterocycles. The van der Waals surface area contributed by atoms with Gasteiger partial charge in [-0.2, -0.15) is 5.10 Å². The molecule has 0 aliphatic carbocycles. The number of aryl methyl sites for hydroxylation is 2. The maximum absolute atomic E-state index is 12.4. The fraction of sp³-hybridized carbons (Fsp3) is 0.429. The average Bonchev–Trinajstić information content (AvgIpc) is 2.78. The quantitative estimate of drug-likeness (QED) is 0.782. The first-order chi connectivity index (χ1) is 9.97. The summed E-state index contributed by atoms with van der Waals surface area (Å²) in [4.78, 5) is 29.5. The molecular weight excluding hydrogens is 272 g/mol. The van der Waals surface area contributed by atoms with Crippen molar-refractivity contribution in [1.29, 1.82) is 0 Å². The van der Waals surface area contributed by atoms with E-state index < -0.39 is 5.97 Å². The fourth-order valence-electron chi connectivity index (χ4n) is 2.16. The van der Waals surface area contributed by atoms with E-state index in [1.165, 1.54) is 18.2 Å². The van der Waals surface area contributed by atoms with Crippen molar-refractivity contribution in [1.82, 2.24) is 19.7 Å². The average molecular weight is 290 g/mol. The van der Waals surface area contributed by atoms with Gasteiger partial charge < -0.3 is 9.64 Å². The van der Waals surface area contributed by atoms with E-state index >= 15 is 0 Å². The van der Waals surface area contributed by atoms with Crippen LogP contribution < -0.4 is 0 Å². The van der Waals surface area contributed by atoms with Crippen LogP contribution in [-0.4, -0.2) is 51.7 Å². The number of likely N-dealkylation sites (N-methyl/N-ethyl adjacent to an activating group) is 1. The molecule has 2 heterocycles. The number of fused-ring (bicyclic) bond motifs is 1. The van der Waals surface area contributed by atoms with Gasteiger partial charge in [0.25, 0.3) is 5.91 Å². The molecule has 0 aromatic carbocycles. The molecule has 0 aliphatic rings. The number of methoxy groups -OCH3 is 1. The van der Waals surface area contributed by atoms with Crippen molar-refractivity contribution < 1.29 is 14.3 Å². The molecule has 2 aromatic rings. The van der Waals surface area contributed by atoms with Crippen molar-refractivity contribution >= 4 is 22.9 Å². The number of carbonyl (C=O) groups is 2. The van der Waals surface area contributed by atoms with Crippen LogP contribution in [0.4, 0.5) is 0 Å². The first-order valence-electron chi connectivity index (χ1n) is 6.63. The second-order valence-electron chi connectivity index (χ2n) is 4.70. The van der Waals surface area contributed by atoms with Crippen molar-refractivity contribution in [3.8, 4) is 0 Å². The van der Waals surface area contributed by atoms with Crippen LogP contribution in [0.1, 0.15) is 23.0 Å². The molecule has 0 fully saturated rings. The molecule has 0 radical (unpaired) electrons. The van der Waals surface area contributed by atoms with E-state index in [9.17, 15) is 9.59 Å². The lowest BCUT2D eigenvalue weighted by molar-refractivity contribution is -0.141. The Morgan fingerprint density at radius 1 is 1.43 bits per heavy atom. The summed E-state index contributed by atoms with van der Waals surface area (Å²) in [6, 6.07) is 1.76. The smallest absolute Gasteiger partial charge is 0.325 e. The van der Waals surface area contributed by atoms with Gasteiger partial charge in [0.1, 0.15) is 6.54 Å². The Morgan fingerprint density at radius 3 is 2.76 bits per heavy atom. The topological polar surface area (TPSA) is 77.3 Å². The number of carbonyl (C=O) groups excluding carboxylic acids is 2. The van der Waals surface area contributed by atoms with E-state index in [2.05, 4.69) is 14.8 Å². The summed E-state index contributed by atoms with van der Waals surface area (Å²) >= 11 is 0. The summed E-state index contributed by atoms with van der Waals surface area (Å²) in [5.41, 5.74) is 1.97. The van der Waals surface area contributed by atoms with Crippen LogP contribution in [0, 0.1) is 6.92 Å². The summed E-state index contributed by atoms with van der Waals surface area (Å²) in [5.74, 6) is -0.697. The highest BCUT2D eigenvalue weighted by atomic mass is 16.5. The Morgan fingerprint density at radius 2 is 2.14 bits per heavy atom. The lowest BCUT2D eigenvalue weighted by Crippen LogP contribution is -2.36. The Labute approximate surface area is 122 Å². The van der Waals surface area contributed by atoms with Crippen LogP contribution in [0.5, 0.6) is 0 Å². The molecule has 0 atom stereocenters. The maximum Gasteiger partial charge on any atom is 0.325 e. The molecule has 7 nitrogen and oxygen atoms in total. The molecule has 21 heavy (non-hydrogen) atoms. The van der Waals surface area contributed by atoms with Crippen molar-refractivity contribution in [2.45, 2.75) is 13.8 Å². The number of hydrogen-bond donors (Lipinski definition) is 0. The van der Waals surface area contributed by atoms with Gasteiger partial charge >= 0.3 is 5.97 Å². The number of esters is 1. The highest BCUT2D eigenvalue weighted by Crippen LogP contribution is 2.17. The van der Waals surface area contributed by atoms with E-state index in [1.807, 2.05) is 13.8 Å². The zero-order valence-corrected chi connectivity index (χ0v) is 12.6. The van der Waals surface area contributed by atoms with E-state index in [0.717, 1.165) is 16.7 Å². The highest BCUT2D eigenvalue weighted by Gasteiger charge is 2.19. The third-order valence-corrected chi connectivity index (χ3v) is 3.33. The van der Waals surface area contributed by atoms with E-state index in [-0.39, 0.29) is 12.5 Å². The van der Waals surface area contributed by atoms with Crippen LogP contribution in [0.25, 0.3) is 11.0 Å². The zero-order chi connectivity index (χ0) is 15.6. The first-order valence-corrected chi connectivity index (χ1v) is 6.63. The molecule has 2 aromatic heterocycles. The molecule has 0 unspecified atom stereocenters. The van der Waals surface area contributed by atoms with Crippen LogP contribution >= 0.6 is 0 Å². The van der Waals surface area contributed by atoms with E-state index in [1.54, 1.807) is 17.8 Å². The summed E-state index contributed by atoms with van der Waals surface area (Å²) in [7, 11) is 3.10. The standard InChI is InChI=1S/C14H18N4O3/c1-5-18(8-12(19)21-4)14(20)10-6-11-9(2)16-17(3)13(11)15-7-10/h6-7H,5,8H2,1-4H3. The van der Waals surface area contributed by atoms with Gasteiger partial charge in [-0.15, -0.1) is 0 Å². The van der Waals surface area contributed by atoms with E-state index in [4.69, 9.17) is 0 Å². The second kappa shape index (κ2) is 5.90. The molecule has 112 valence electrons. The molecule has 0 aliphatic heterocycles. The highest BCUT2D eigenvalue weighted by molar-refractivity contribution is 5.98. The second-order valence-corrected chi connectivity index (χ2v) is 4.70. The first kappa shape index (κ1) is 15.0. The van der Waals surface area contributed by atoms with Crippen molar-refractivity contribution in [2.75, 3.05) is 20.2 Å². The van der Waals surface area contributed by atoms with Gasteiger partial charge in [0, 0.05) is 25.2 Å². The lowest BCUT2D eigenvalue weighted by atomic mass is 10.2. The maximum atomic E-state index is 12.4. The third kappa shape index (κ3) is 2.86. The minimum Gasteiger partial charge on any atom is -0.468 e. The number of hydrogen-bond acceptors (Lipinski definition) is 5. The van der Waals surface area contributed by atoms with Gasteiger partial charge in [0.2, 0.25) is 0 Å². The predicted octanol–water partition coefficient (Wildman–Crippen LogP) is 0.912. The van der Waals surface area contributed by atoms with Gasteiger partial charge in [-0.1, -0.05) is 0 Å². The molecule has 1 amide bonds. The number of ether oxygens (including phenoxy) is 1. The predicted molar refractivity (Wildman–Crippen MR) is 76.8 cm³/mol. The molecule has 0 N–H and O–H groups in total. The van der Waals surface area contributed by atoms with Crippen molar-refractivity contribution in [3.05, 3.63) is 23.5 Å². The molecule has 0 spiro atoms. The van der Waals surface area contributed by atoms with Gasteiger partial charge in [0.05, 0.1) is 18.4 Å². The summed E-state index contributed by atoms with van der Waals surface area (Å²) in [6.45, 7) is 4.01. The Balaban J connectivity index is 2.33. The van der Waals surface area contributed by atoms with Gasteiger partial charge in [-0.25, -0.2) is 4.98 Å². The monoisotopic (exact) mass is 290 g/mol. The lowest BCUT2D eigenvalue weighted by Gasteiger charge is -2.19. The number of amides is 1. The number of nitrogens with zero attached hydrogens (tertiary/aromatic N) is 4. The fourth-order valence-corrected chi connectivity index (χ4v) is 2.16. The normalized spacial score (nSPS) is 10.7. The largest absolute Gasteiger partial charge is 0.468 e. The van der Waals surface area contributed by atoms with Gasteiger partial charge in [-0.05, 0) is 19.9 Å². The van der Waals surface area contributed by atoms with Gasteiger partial charge in [0.15, 0.2) is 5.65 Å². The van der Waals surface area contributed by atoms with Gasteiger partial charge in [-0.3, -0.25) is 14.3 Å². The van der Waals surface area contributed by atoms with E-state index in [0.29, 0.717) is 12.1 Å². The summed E-state index contributed by atoms with van der Waals surface area (Å²) in [6.07, 6.45) is 1.51. The minimum atomic E-state index is -0.447. The molecule has 0 saturated carbocycles. The minimum absolute atomic E-state index is 0.0735. The number of rotatable bonds is 4. The Hall–Kier alpha value is -2.44. The van der Waals surface area contributed by atoms with Crippen LogP contribution in [0.3, 0.4) is 0 Å². The van der Waals surface area contributed by atoms with Crippen molar-refractivity contribution in [3.63, 3.8) is 0 Å². The number of pyridine rings is 1. The summed E-state index contributed by atoms with van der Waals surface area (Å²) in [5, 5.41) is 5.10.